The van der Waals surface area contributed by atoms with Gasteiger partial charge in [-0.3, -0.25) is 19.7 Å². The van der Waals surface area contributed by atoms with Crippen LogP contribution in [0.5, 0.6) is 0 Å². The highest BCUT2D eigenvalue weighted by atomic mass is 16.2. The van der Waals surface area contributed by atoms with Crippen LogP contribution in [0.3, 0.4) is 0 Å². The highest BCUT2D eigenvalue weighted by Crippen LogP contribution is 2.24. The maximum absolute atomic E-state index is 12.8. The molecule has 0 aromatic heterocycles. The van der Waals surface area contributed by atoms with Gasteiger partial charge in [-0.15, -0.1) is 0 Å². The summed E-state index contributed by atoms with van der Waals surface area (Å²) in [7, 11) is 0. The molecule has 0 unspecified atom stereocenters. The van der Waals surface area contributed by atoms with Crippen LogP contribution < -0.4 is 10.6 Å². The van der Waals surface area contributed by atoms with E-state index >= 15 is 0 Å². The SMILES string of the molecule is CCNc1ccccc1C(=O)N1CC(=O)NC(=O)C1(C)C. The number of carbonyl (C=O) groups excluding carboxylic acids is 3. The van der Waals surface area contributed by atoms with E-state index in [-0.39, 0.29) is 12.5 Å². The summed E-state index contributed by atoms with van der Waals surface area (Å²) in [5.74, 6) is -1.26. The second-order valence-electron chi connectivity index (χ2n) is 5.40. The van der Waals surface area contributed by atoms with Crippen molar-refractivity contribution in [1.29, 1.82) is 0 Å². The Balaban J connectivity index is 2.39. The van der Waals surface area contributed by atoms with Crippen molar-refractivity contribution < 1.29 is 14.4 Å². The highest BCUT2D eigenvalue weighted by Gasteiger charge is 2.44. The van der Waals surface area contributed by atoms with Crippen molar-refractivity contribution in [3.63, 3.8) is 0 Å². The first-order chi connectivity index (χ1) is 9.87. The third-order valence-corrected chi connectivity index (χ3v) is 3.55. The van der Waals surface area contributed by atoms with Gasteiger partial charge in [0.2, 0.25) is 5.91 Å². The van der Waals surface area contributed by atoms with Gasteiger partial charge in [0.1, 0.15) is 12.1 Å². The van der Waals surface area contributed by atoms with Crippen LogP contribution in [0.1, 0.15) is 31.1 Å². The summed E-state index contributed by atoms with van der Waals surface area (Å²) >= 11 is 0. The lowest BCUT2D eigenvalue weighted by molar-refractivity contribution is -0.143. The average molecular weight is 289 g/mol. The van der Waals surface area contributed by atoms with Crippen molar-refractivity contribution in [1.82, 2.24) is 10.2 Å². The van der Waals surface area contributed by atoms with Crippen molar-refractivity contribution in [2.24, 2.45) is 0 Å². The fourth-order valence-electron chi connectivity index (χ4n) is 2.27. The Labute approximate surface area is 123 Å². The van der Waals surface area contributed by atoms with Gasteiger partial charge in [0.15, 0.2) is 0 Å². The van der Waals surface area contributed by atoms with Gasteiger partial charge in [-0.25, -0.2) is 0 Å². The minimum atomic E-state index is -1.07. The standard InChI is InChI=1S/C15H19N3O3/c1-4-16-11-8-6-5-7-10(11)13(20)18-9-12(19)17-14(21)15(18,2)3/h5-8,16H,4,9H2,1-3H3,(H,17,19,21). The lowest BCUT2D eigenvalue weighted by Gasteiger charge is -2.40. The van der Waals surface area contributed by atoms with Gasteiger partial charge >= 0.3 is 0 Å². The molecule has 1 fully saturated rings. The van der Waals surface area contributed by atoms with E-state index in [0.717, 1.165) is 0 Å². The topological polar surface area (TPSA) is 78.5 Å². The minimum absolute atomic E-state index is 0.127. The monoisotopic (exact) mass is 289 g/mol. The first kappa shape index (κ1) is 15.0. The molecule has 21 heavy (non-hydrogen) atoms. The van der Waals surface area contributed by atoms with Crippen molar-refractivity contribution >= 4 is 23.4 Å². The van der Waals surface area contributed by atoms with E-state index in [1.54, 1.807) is 32.0 Å². The predicted octanol–water partition coefficient (Wildman–Crippen LogP) is 0.996. The first-order valence-electron chi connectivity index (χ1n) is 6.87. The largest absolute Gasteiger partial charge is 0.385 e. The Morgan fingerprint density at radius 3 is 2.67 bits per heavy atom. The van der Waals surface area contributed by atoms with Gasteiger partial charge in [-0.2, -0.15) is 0 Å². The van der Waals surface area contributed by atoms with Crippen LogP contribution in [0.15, 0.2) is 24.3 Å². The molecule has 112 valence electrons. The number of piperazine rings is 1. The number of nitrogens with zero attached hydrogens (tertiary/aromatic N) is 1. The number of carbonyl (C=O) groups is 3. The Morgan fingerprint density at radius 2 is 2.00 bits per heavy atom. The number of hydrogen-bond acceptors (Lipinski definition) is 4. The normalized spacial score (nSPS) is 17.4. The molecule has 1 aromatic carbocycles. The second-order valence-corrected chi connectivity index (χ2v) is 5.40. The van der Waals surface area contributed by atoms with Crippen LogP contribution in [-0.4, -0.2) is 41.2 Å². The summed E-state index contributed by atoms with van der Waals surface area (Å²) in [6.45, 7) is 5.74. The predicted molar refractivity (Wildman–Crippen MR) is 78.9 cm³/mol. The van der Waals surface area contributed by atoms with Crippen LogP contribution in [0.25, 0.3) is 0 Å². The van der Waals surface area contributed by atoms with Crippen LogP contribution in [-0.2, 0) is 9.59 Å². The van der Waals surface area contributed by atoms with Crippen molar-refractivity contribution in [3.05, 3.63) is 29.8 Å². The summed E-state index contributed by atoms with van der Waals surface area (Å²) in [6, 6.07) is 7.07. The number of benzene rings is 1. The molecule has 1 aromatic rings. The van der Waals surface area contributed by atoms with Gasteiger partial charge in [-0.1, -0.05) is 12.1 Å². The molecule has 0 spiro atoms. The molecule has 1 saturated heterocycles. The van der Waals surface area contributed by atoms with Gasteiger partial charge in [0.05, 0.1) is 5.56 Å². The first-order valence-corrected chi connectivity index (χ1v) is 6.87. The van der Waals surface area contributed by atoms with Gasteiger partial charge in [-0.05, 0) is 32.9 Å². The van der Waals surface area contributed by atoms with Crippen LogP contribution >= 0.6 is 0 Å². The molecule has 2 rings (SSSR count). The summed E-state index contributed by atoms with van der Waals surface area (Å²) in [6.07, 6.45) is 0. The van der Waals surface area contributed by atoms with Gasteiger partial charge in [0.25, 0.3) is 11.8 Å². The fourth-order valence-corrected chi connectivity index (χ4v) is 2.27. The quantitative estimate of drug-likeness (QED) is 0.814. The summed E-state index contributed by atoms with van der Waals surface area (Å²) in [4.78, 5) is 37.6. The molecule has 3 amide bonds. The Bertz CT molecular complexity index is 596. The highest BCUT2D eigenvalue weighted by molar-refractivity contribution is 6.10. The number of hydrogen-bond donors (Lipinski definition) is 2. The minimum Gasteiger partial charge on any atom is -0.385 e. The third kappa shape index (κ3) is 2.74. The van der Waals surface area contributed by atoms with E-state index in [2.05, 4.69) is 10.6 Å². The molecule has 1 aliphatic heterocycles. The van der Waals surface area contributed by atoms with Crippen LogP contribution in [0.4, 0.5) is 5.69 Å². The molecule has 1 heterocycles. The molecule has 6 nitrogen and oxygen atoms in total. The Hall–Kier alpha value is -2.37. The Kier molecular flexibility index (Phi) is 3.97. The Morgan fingerprint density at radius 1 is 1.33 bits per heavy atom. The number of nitrogens with one attached hydrogen (secondary N) is 2. The molecule has 2 N–H and O–H groups in total. The molecular weight excluding hydrogens is 270 g/mol. The molecule has 0 radical (unpaired) electrons. The van der Waals surface area contributed by atoms with E-state index in [1.165, 1.54) is 4.90 Å². The molecule has 0 aliphatic carbocycles. The second kappa shape index (κ2) is 5.55. The van der Waals surface area contributed by atoms with E-state index in [0.29, 0.717) is 17.8 Å². The molecular formula is C15H19N3O3. The fraction of sp³-hybridized carbons (Fsp3) is 0.400. The van der Waals surface area contributed by atoms with Crippen molar-refractivity contribution in [2.75, 3.05) is 18.4 Å². The zero-order valence-electron chi connectivity index (χ0n) is 12.4. The number of amides is 3. The molecule has 0 saturated carbocycles. The summed E-state index contributed by atoms with van der Waals surface area (Å²) in [5.41, 5.74) is 0.0822. The van der Waals surface area contributed by atoms with Gasteiger partial charge in [0, 0.05) is 12.2 Å². The van der Waals surface area contributed by atoms with E-state index in [4.69, 9.17) is 0 Å². The molecule has 6 heteroatoms. The van der Waals surface area contributed by atoms with E-state index in [9.17, 15) is 14.4 Å². The zero-order valence-corrected chi connectivity index (χ0v) is 12.4. The summed E-state index contributed by atoms with van der Waals surface area (Å²) < 4.78 is 0. The van der Waals surface area contributed by atoms with Crippen LogP contribution in [0, 0.1) is 0 Å². The number of rotatable bonds is 3. The maximum Gasteiger partial charge on any atom is 0.257 e. The van der Waals surface area contributed by atoms with Crippen molar-refractivity contribution in [3.8, 4) is 0 Å². The summed E-state index contributed by atoms with van der Waals surface area (Å²) in [5, 5.41) is 5.37. The maximum atomic E-state index is 12.8. The number of para-hydroxylation sites is 1. The van der Waals surface area contributed by atoms with E-state index < -0.39 is 17.4 Å². The van der Waals surface area contributed by atoms with Crippen molar-refractivity contribution in [2.45, 2.75) is 26.3 Å². The lowest BCUT2D eigenvalue weighted by atomic mass is 9.97. The van der Waals surface area contributed by atoms with E-state index in [1.807, 2.05) is 13.0 Å². The smallest absolute Gasteiger partial charge is 0.257 e. The third-order valence-electron chi connectivity index (χ3n) is 3.55. The number of imide groups is 1. The number of anilines is 1. The molecule has 1 aliphatic rings. The average Bonchev–Trinajstić information content (AvgIpc) is 2.43. The lowest BCUT2D eigenvalue weighted by Crippen LogP contribution is -2.65. The molecule has 0 atom stereocenters. The zero-order chi connectivity index (χ0) is 15.6. The van der Waals surface area contributed by atoms with Crippen LogP contribution in [0.2, 0.25) is 0 Å². The molecule has 0 bridgehead atoms. The van der Waals surface area contributed by atoms with Gasteiger partial charge < -0.3 is 10.2 Å².